The smallest absolute Gasteiger partial charge is 0.243 e. The summed E-state index contributed by atoms with van der Waals surface area (Å²) in [6.45, 7) is 2.24. The van der Waals surface area contributed by atoms with E-state index < -0.39 is 23.6 Å². The van der Waals surface area contributed by atoms with Crippen molar-refractivity contribution >= 4 is 23.4 Å². The van der Waals surface area contributed by atoms with Crippen molar-refractivity contribution in [2.45, 2.75) is 32.4 Å². The lowest BCUT2D eigenvalue weighted by Crippen LogP contribution is -2.51. The van der Waals surface area contributed by atoms with Crippen LogP contribution >= 0.6 is 11.6 Å². The summed E-state index contributed by atoms with van der Waals surface area (Å²) in [7, 11) is 0. The standard InChI is InChI=1S/C26H25ClF2N2O2/c1-2-30-26(33)24(15-18-7-4-3-5-8-18)31(17-19-11-13-20(28)14-12-19)25(32)16-21-22(27)9-6-10-23(21)29/h3-14,24H,2,15-17H2,1H3,(H,30,33)/t24-/m0/s1. The number of carbonyl (C=O) groups is 2. The molecule has 3 rings (SSSR count). The zero-order valence-electron chi connectivity index (χ0n) is 18.2. The maximum atomic E-state index is 14.4. The molecule has 0 aliphatic rings. The van der Waals surface area contributed by atoms with Crippen molar-refractivity contribution in [3.05, 3.63) is 106 Å². The van der Waals surface area contributed by atoms with Crippen molar-refractivity contribution < 1.29 is 18.4 Å². The van der Waals surface area contributed by atoms with Gasteiger partial charge < -0.3 is 10.2 Å². The van der Waals surface area contributed by atoms with Gasteiger partial charge in [-0.25, -0.2) is 8.78 Å². The number of halogens is 3. The summed E-state index contributed by atoms with van der Waals surface area (Å²) in [6.07, 6.45) is -0.0397. The van der Waals surface area contributed by atoms with Crippen molar-refractivity contribution in [3.63, 3.8) is 0 Å². The minimum atomic E-state index is -0.851. The average Bonchev–Trinajstić information content (AvgIpc) is 2.80. The summed E-state index contributed by atoms with van der Waals surface area (Å²) < 4.78 is 27.8. The van der Waals surface area contributed by atoms with Gasteiger partial charge in [-0.2, -0.15) is 0 Å². The number of nitrogens with zero attached hydrogens (tertiary/aromatic N) is 1. The Morgan fingerprint density at radius 3 is 2.27 bits per heavy atom. The Bertz CT molecular complexity index is 1070. The number of amides is 2. The van der Waals surface area contributed by atoms with Crippen LogP contribution in [0.15, 0.2) is 72.8 Å². The van der Waals surface area contributed by atoms with Crippen LogP contribution in [0.25, 0.3) is 0 Å². The molecular weight excluding hydrogens is 446 g/mol. The van der Waals surface area contributed by atoms with E-state index in [0.29, 0.717) is 12.1 Å². The summed E-state index contributed by atoms with van der Waals surface area (Å²) in [5, 5.41) is 2.93. The lowest BCUT2D eigenvalue weighted by Gasteiger charge is -2.31. The Kier molecular flexibility index (Phi) is 8.55. The molecule has 0 aliphatic heterocycles. The molecule has 172 valence electrons. The van der Waals surface area contributed by atoms with Crippen LogP contribution < -0.4 is 5.32 Å². The monoisotopic (exact) mass is 470 g/mol. The zero-order chi connectivity index (χ0) is 23.8. The van der Waals surface area contributed by atoms with E-state index in [1.807, 2.05) is 30.3 Å². The van der Waals surface area contributed by atoms with Gasteiger partial charge in [-0.3, -0.25) is 9.59 Å². The first-order chi connectivity index (χ1) is 15.9. The molecule has 1 N–H and O–H groups in total. The van der Waals surface area contributed by atoms with E-state index in [-0.39, 0.29) is 35.9 Å². The van der Waals surface area contributed by atoms with E-state index in [1.54, 1.807) is 19.1 Å². The molecule has 0 spiro atoms. The number of nitrogens with one attached hydrogen (secondary N) is 1. The van der Waals surface area contributed by atoms with Crippen molar-refractivity contribution in [3.8, 4) is 0 Å². The van der Waals surface area contributed by atoms with Gasteiger partial charge in [0.25, 0.3) is 0 Å². The Balaban J connectivity index is 1.98. The van der Waals surface area contributed by atoms with Crippen molar-refractivity contribution in [2.75, 3.05) is 6.54 Å². The van der Waals surface area contributed by atoms with Crippen molar-refractivity contribution in [2.24, 2.45) is 0 Å². The third kappa shape index (κ3) is 6.62. The molecule has 3 aromatic rings. The third-order valence-electron chi connectivity index (χ3n) is 5.28. The second-order valence-corrected chi connectivity index (χ2v) is 8.03. The van der Waals surface area contributed by atoms with Crippen LogP contribution in [0.4, 0.5) is 8.78 Å². The Hall–Kier alpha value is -3.25. The van der Waals surface area contributed by atoms with Crippen LogP contribution in [0, 0.1) is 11.6 Å². The fraction of sp³-hybridized carbons (Fsp3) is 0.231. The Morgan fingerprint density at radius 2 is 1.64 bits per heavy atom. The quantitative estimate of drug-likeness (QED) is 0.481. The minimum absolute atomic E-state index is 0.0554. The van der Waals surface area contributed by atoms with Crippen LogP contribution in [-0.4, -0.2) is 29.3 Å². The molecule has 33 heavy (non-hydrogen) atoms. The minimum Gasteiger partial charge on any atom is -0.355 e. The van der Waals surface area contributed by atoms with E-state index in [9.17, 15) is 18.4 Å². The molecule has 0 bridgehead atoms. The first-order valence-electron chi connectivity index (χ1n) is 10.7. The molecule has 0 heterocycles. The van der Waals surface area contributed by atoms with Crippen LogP contribution in [0.2, 0.25) is 5.02 Å². The van der Waals surface area contributed by atoms with Gasteiger partial charge in [0.1, 0.15) is 17.7 Å². The SMILES string of the molecule is CCNC(=O)[C@H](Cc1ccccc1)N(Cc1ccc(F)cc1)C(=O)Cc1c(F)cccc1Cl. The first kappa shape index (κ1) is 24.4. The number of rotatable bonds is 9. The molecule has 0 saturated heterocycles. The second-order valence-electron chi connectivity index (χ2n) is 7.63. The molecule has 4 nitrogen and oxygen atoms in total. The van der Waals surface area contributed by atoms with E-state index in [4.69, 9.17) is 11.6 Å². The number of carbonyl (C=O) groups excluding carboxylic acids is 2. The molecule has 0 unspecified atom stereocenters. The lowest BCUT2D eigenvalue weighted by molar-refractivity contribution is -0.140. The fourth-order valence-electron chi connectivity index (χ4n) is 3.59. The number of hydrogen-bond donors (Lipinski definition) is 1. The summed E-state index contributed by atoms with van der Waals surface area (Å²) in [5.74, 6) is -1.77. The highest BCUT2D eigenvalue weighted by molar-refractivity contribution is 6.31. The molecule has 2 amide bonds. The Labute approximate surface area is 197 Å². The fourth-order valence-corrected chi connectivity index (χ4v) is 3.82. The van der Waals surface area contributed by atoms with E-state index in [0.717, 1.165) is 5.56 Å². The summed E-state index contributed by atoms with van der Waals surface area (Å²) >= 11 is 6.15. The third-order valence-corrected chi connectivity index (χ3v) is 5.63. The molecule has 0 aliphatic carbocycles. The normalized spacial score (nSPS) is 11.6. The van der Waals surface area contributed by atoms with Crippen LogP contribution in [0.3, 0.4) is 0 Å². The second kappa shape index (κ2) is 11.6. The van der Waals surface area contributed by atoms with Crippen LogP contribution in [-0.2, 0) is 29.0 Å². The lowest BCUT2D eigenvalue weighted by atomic mass is 10.0. The van der Waals surface area contributed by atoms with Gasteiger partial charge in [0.05, 0.1) is 6.42 Å². The van der Waals surface area contributed by atoms with Gasteiger partial charge in [0.2, 0.25) is 11.8 Å². The molecule has 3 aromatic carbocycles. The highest BCUT2D eigenvalue weighted by Gasteiger charge is 2.31. The van der Waals surface area contributed by atoms with E-state index in [2.05, 4.69) is 5.32 Å². The van der Waals surface area contributed by atoms with Crippen LogP contribution in [0.5, 0.6) is 0 Å². The molecule has 1 atom stereocenters. The molecule has 7 heteroatoms. The predicted molar refractivity (Wildman–Crippen MR) is 125 cm³/mol. The number of likely N-dealkylation sites (N-methyl/N-ethyl adjacent to an activating group) is 1. The van der Waals surface area contributed by atoms with Gasteiger partial charge in [0.15, 0.2) is 0 Å². The molecule has 0 radical (unpaired) electrons. The summed E-state index contributed by atoms with van der Waals surface area (Å²) in [6, 6.07) is 18.4. The van der Waals surface area contributed by atoms with Crippen molar-refractivity contribution in [1.82, 2.24) is 10.2 Å². The molecule has 0 saturated carbocycles. The van der Waals surface area contributed by atoms with Gasteiger partial charge in [-0.1, -0.05) is 60.1 Å². The average molecular weight is 471 g/mol. The topological polar surface area (TPSA) is 49.4 Å². The molecule has 0 fully saturated rings. The summed E-state index contributed by atoms with van der Waals surface area (Å²) in [5.41, 5.74) is 1.59. The number of benzene rings is 3. The Morgan fingerprint density at radius 1 is 0.939 bits per heavy atom. The van der Waals surface area contributed by atoms with E-state index in [1.165, 1.54) is 35.2 Å². The molecular formula is C26H25ClF2N2O2. The number of hydrogen-bond acceptors (Lipinski definition) is 2. The van der Waals surface area contributed by atoms with Gasteiger partial charge in [0, 0.05) is 30.1 Å². The van der Waals surface area contributed by atoms with Crippen LogP contribution in [0.1, 0.15) is 23.6 Å². The predicted octanol–water partition coefficient (Wildman–Crippen LogP) is 4.94. The largest absolute Gasteiger partial charge is 0.355 e. The zero-order valence-corrected chi connectivity index (χ0v) is 19.0. The van der Waals surface area contributed by atoms with Gasteiger partial charge in [-0.05, 0) is 42.3 Å². The van der Waals surface area contributed by atoms with Gasteiger partial charge >= 0.3 is 0 Å². The first-order valence-corrected chi connectivity index (χ1v) is 11.0. The van der Waals surface area contributed by atoms with Crippen molar-refractivity contribution in [1.29, 1.82) is 0 Å². The highest BCUT2D eigenvalue weighted by Crippen LogP contribution is 2.22. The van der Waals surface area contributed by atoms with Gasteiger partial charge in [-0.15, -0.1) is 0 Å². The summed E-state index contributed by atoms with van der Waals surface area (Å²) in [4.78, 5) is 27.9. The van der Waals surface area contributed by atoms with E-state index >= 15 is 0 Å². The maximum Gasteiger partial charge on any atom is 0.243 e. The molecule has 0 aromatic heterocycles. The maximum absolute atomic E-state index is 14.4. The highest BCUT2D eigenvalue weighted by atomic mass is 35.5.